The summed E-state index contributed by atoms with van der Waals surface area (Å²) < 4.78 is 5.43. The Balaban J connectivity index is 2.19. The Bertz CT molecular complexity index is 462. The quantitative estimate of drug-likeness (QED) is 0.890. The van der Waals surface area contributed by atoms with Crippen LogP contribution in [-0.2, 0) is 5.41 Å². The summed E-state index contributed by atoms with van der Waals surface area (Å²) in [5, 5.41) is 14.0. The third kappa shape index (κ3) is 4.19. The molecular formula is C17H28N2O2. The third-order valence-electron chi connectivity index (χ3n) is 4.10. The predicted molar refractivity (Wildman–Crippen MR) is 86.0 cm³/mol. The molecule has 1 fully saturated rings. The summed E-state index contributed by atoms with van der Waals surface area (Å²) >= 11 is 0. The second kappa shape index (κ2) is 6.77. The van der Waals surface area contributed by atoms with E-state index in [1.165, 1.54) is 5.56 Å². The molecular weight excluding hydrogens is 264 g/mol. The zero-order chi connectivity index (χ0) is 15.5. The lowest BCUT2D eigenvalue weighted by Crippen LogP contribution is -2.45. The number of hydrogen-bond donors (Lipinski definition) is 2. The molecule has 2 N–H and O–H groups in total. The number of benzene rings is 1. The smallest absolute Gasteiger partial charge is 0.124 e. The molecule has 4 nitrogen and oxygen atoms in total. The van der Waals surface area contributed by atoms with Gasteiger partial charge in [0.15, 0.2) is 0 Å². The molecule has 1 aromatic carbocycles. The van der Waals surface area contributed by atoms with Crippen LogP contribution in [-0.4, -0.2) is 49.8 Å². The van der Waals surface area contributed by atoms with Crippen molar-refractivity contribution >= 4 is 0 Å². The molecule has 0 saturated carbocycles. The van der Waals surface area contributed by atoms with Crippen molar-refractivity contribution in [1.82, 2.24) is 10.2 Å². The minimum absolute atomic E-state index is 0.0653. The van der Waals surface area contributed by atoms with Crippen LogP contribution >= 0.6 is 0 Å². The average Bonchev–Trinajstić information content (AvgIpc) is 2.46. The van der Waals surface area contributed by atoms with Gasteiger partial charge in [-0.1, -0.05) is 26.8 Å². The van der Waals surface area contributed by atoms with Gasteiger partial charge in [-0.3, -0.25) is 4.90 Å². The van der Waals surface area contributed by atoms with Gasteiger partial charge in [0.05, 0.1) is 13.2 Å². The number of nitrogens with one attached hydrogen (secondary N) is 1. The van der Waals surface area contributed by atoms with E-state index in [2.05, 4.69) is 43.1 Å². The molecule has 0 aliphatic carbocycles. The van der Waals surface area contributed by atoms with Gasteiger partial charge in [-0.2, -0.15) is 0 Å². The standard InChI is InChI=1S/C17H28N2O2/c1-17(2,3)13-5-6-16(21-4)14(11-13)15(20)12-19-9-7-18-8-10-19/h5-6,11,15,18,20H,7-10,12H2,1-4H3. The first-order valence-corrected chi connectivity index (χ1v) is 7.71. The monoisotopic (exact) mass is 292 g/mol. The topological polar surface area (TPSA) is 44.7 Å². The van der Waals surface area contributed by atoms with Gasteiger partial charge in [0.25, 0.3) is 0 Å². The van der Waals surface area contributed by atoms with E-state index in [0.717, 1.165) is 37.5 Å². The molecule has 0 radical (unpaired) electrons. The summed E-state index contributed by atoms with van der Waals surface area (Å²) in [7, 11) is 1.66. The van der Waals surface area contributed by atoms with Gasteiger partial charge in [0.2, 0.25) is 0 Å². The van der Waals surface area contributed by atoms with Crippen molar-refractivity contribution in [2.45, 2.75) is 32.3 Å². The first-order chi connectivity index (χ1) is 9.91. The van der Waals surface area contributed by atoms with Crippen LogP contribution < -0.4 is 10.1 Å². The zero-order valence-electron chi connectivity index (χ0n) is 13.6. The van der Waals surface area contributed by atoms with E-state index in [9.17, 15) is 5.11 Å². The second-order valence-electron chi connectivity index (χ2n) is 6.77. The molecule has 1 saturated heterocycles. The van der Waals surface area contributed by atoms with Crippen molar-refractivity contribution in [2.24, 2.45) is 0 Å². The molecule has 21 heavy (non-hydrogen) atoms. The number of hydrogen-bond acceptors (Lipinski definition) is 4. The Morgan fingerprint density at radius 3 is 2.52 bits per heavy atom. The number of aliphatic hydroxyl groups is 1. The highest BCUT2D eigenvalue weighted by molar-refractivity contribution is 5.41. The summed E-state index contributed by atoms with van der Waals surface area (Å²) in [6.07, 6.45) is -0.514. The van der Waals surface area contributed by atoms with Crippen molar-refractivity contribution in [1.29, 1.82) is 0 Å². The molecule has 0 bridgehead atoms. The molecule has 1 aliphatic heterocycles. The molecule has 0 amide bonds. The van der Waals surface area contributed by atoms with E-state index in [0.29, 0.717) is 6.54 Å². The average molecular weight is 292 g/mol. The third-order valence-corrected chi connectivity index (χ3v) is 4.10. The second-order valence-corrected chi connectivity index (χ2v) is 6.77. The maximum Gasteiger partial charge on any atom is 0.124 e. The Morgan fingerprint density at radius 2 is 1.95 bits per heavy atom. The fourth-order valence-electron chi connectivity index (χ4n) is 2.70. The van der Waals surface area contributed by atoms with E-state index in [1.54, 1.807) is 7.11 Å². The van der Waals surface area contributed by atoms with E-state index < -0.39 is 6.10 Å². The minimum Gasteiger partial charge on any atom is -0.496 e. The first-order valence-electron chi connectivity index (χ1n) is 7.71. The van der Waals surface area contributed by atoms with Crippen molar-refractivity contribution in [3.05, 3.63) is 29.3 Å². The van der Waals surface area contributed by atoms with Crippen LogP contribution in [0.15, 0.2) is 18.2 Å². The highest BCUT2D eigenvalue weighted by Gasteiger charge is 2.22. The first kappa shape index (κ1) is 16.3. The summed E-state index contributed by atoms with van der Waals surface area (Å²) in [5.41, 5.74) is 2.18. The van der Waals surface area contributed by atoms with E-state index in [-0.39, 0.29) is 5.41 Å². The van der Waals surface area contributed by atoms with Gasteiger partial charge in [-0.25, -0.2) is 0 Å². The van der Waals surface area contributed by atoms with Crippen molar-refractivity contribution in [3.8, 4) is 5.75 Å². The normalized spacial score (nSPS) is 18.5. The number of β-amino-alcohol motifs (C(OH)–C–C–N with tert-alkyl or cyclic N) is 1. The lowest BCUT2D eigenvalue weighted by Gasteiger charge is -2.30. The van der Waals surface area contributed by atoms with Crippen LogP contribution in [0.5, 0.6) is 5.75 Å². The SMILES string of the molecule is COc1ccc(C(C)(C)C)cc1C(O)CN1CCNCC1. The largest absolute Gasteiger partial charge is 0.496 e. The Morgan fingerprint density at radius 1 is 1.29 bits per heavy atom. The molecule has 1 aliphatic rings. The van der Waals surface area contributed by atoms with E-state index >= 15 is 0 Å². The van der Waals surface area contributed by atoms with Gasteiger partial charge >= 0.3 is 0 Å². The zero-order valence-corrected chi connectivity index (χ0v) is 13.6. The summed E-state index contributed by atoms with van der Waals surface area (Å²) in [6.45, 7) is 11.2. The van der Waals surface area contributed by atoms with E-state index in [4.69, 9.17) is 4.74 Å². The van der Waals surface area contributed by atoms with Crippen molar-refractivity contribution in [2.75, 3.05) is 39.8 Å². The maximum absolute atomic E-state index is 10.6. The van der Waals surface area contributed by atoms with E-state index in [1.807, 2.05) is 6.07 Å². The van der Waals surface area contributed by atoms with Gasteiger partial charge in [0, 0.05) is 38.3 Å². The van der Waals surface area contributed by atoms with Gasteiger partial charge in [-0.05, 0) is 23.1 Å². The molecule has 0 aromatic heterocycles. The minimum atomic E-state index is -0.514. The summed E-state index contributed by atoms with van der Waals surface area (Å²) in [6, 6.07) is 6.14. The lowest BCUT2D eigenvalue weighted by atomic mass is 9.85. The summed E-state index contributed by atoms with van der Waals surface area (Å²) in [5.74, 6) is 0.769. The molecule has 1 atom stereocenters. The van der Waals surface area contributed by atoms with Gasteiger partial charge in [-0.15, -0.1) is 0 Å². The van der Waals surface area contributed by atoms with Crippen LogP contribution in [0.4, 0.5) is 0 Å². The van der Waals surface area contributed by atoms with Crippen LogP contribution in [0.2, 0.25) is 0 Å². The fraction of sp³-hybridized carbons (Fsp3) is 0.647. The number of rotatable bonds is 4. The molecule has 4 heteroatoms. The predicted octanol–water partition coefficient (Wildman–Crippen LogP) is 1.93. The Hall–Kier alpha value is -1.10. The number of ether oxygens (including phenoxy) is 1. The van der Waals surface area contributed by atoms with Crippen LogP contribution in [0.1, 0.15) is 38.0 Å². The molecule has 1 heterocycles. The molecule has 2 rings (SSSR count). The fourth-order valence-corrected chi connectivity index (χ4v) is 2.70. The number of nitrogens with zero attached hydrogens (tertiary/aromatic N) is 1. The molecule has 1 unspecified atom stereocenters. The Labute approximate surface area is 128 Å². The molecule has 1 aromatic rings. The molecule has 118 valence electrons. The van der Waals surface area contributed by atoms with Gasteiger partial charge < -0.3 is 15.2 Å². The maximum atomic E-state index is 10.6. The highest BCUT2D eigenvalue weighted by atomic mass is 16.5. The molecule has 0 spiro atoms. The number of methoxy groups -OCH3 is 1. The van der Waals surface area contributed by atoms with Crippen molar-refractivity contribution < 1.29 is 9.84 Å². The van der Waals surface area contributed by atoms with Gasteiger partial charge in [0.1, 0.15) is 5.75 Å². The Kier molecular flexibility index (Phi) is 5.25. The lowest BCUT2D eigenvalue weighted by molar-refractivity contribution is 0.103. The highest BCUT2D eigenvalue weighted by Crippen LogP contribution is 2.31. The summed E-state index contributed by atoms with van der Waals surface area (Å²) in [4.78, 5) is 2.30. The van der Waals surface area contributed by atoms with Crippen LogP contribution in [0.3, 0.4) is 0 Å². The van der Waals surface area contributed by atoms with Crippen molar-refractivity contribution in [3.63, 3.8) is 0 Å². The van der Waals surface area contributed by atoms with Crippen LogP contribution in [0, 0.1) is 0 Å². The number of aliphatic hydroxyl groups excluding tert-OH is 1. The van der Waals surface area contributed by atoms with Crippen LogP contribution in [0.25, 0.3) is 0 Å². The number of piperazine rings is 1.